The highest BCUT2D eigenvalue weighted by atomic mass is 79.9. The Morgan fingerprint density at radius 2 is 1.81 bits per heavy atom. The normalized spacial score (nSPS) is 10.6. The summed E-state index contributed by atoms with van der Waals surface area (Å²) < 4.78 is 2.57. The highest BCUT2D eigenvalue weighted by molar-refractivity contribution is 9.10. The molecule has 2 aromatic carbocycles. The predicted molar refractivity (Wildman–Crippen MR) is 109 cm³/mol. The average molecular weight is 419 g/mol. The molecule has 2 heterocycles. The van der Waals surface area contributed by atoms with E-state index < -0.39 is 0 Å². The van der Waals surface area contributed by atoms with Crippen molar-refractivity contribution in [2.75, 3.05) is 5.32 Å². The first kappa shape index (κ1) is 17.2. The van der Waals surface area contributed by atoms with Crippen LogP contribution < -0.4 is 5.32 Å². The first-order valence-electron chi connectivity index (χ1n) is 8.33. The summed E-state index contributed by atoms with van der Waals surface area (Å²) in [6, 6.07) is 22.6. The lowest BCUT2D eigenvalue weighted by molar-refractivity contribution is 0.102. The van der Waals surface area contributed by atoms with Crippen molar-refractivity contribution in [1.29, 1.82) is 0 Å². The second-order valence-electron chi connectivity index (χ2n) is 5.87. The second-order valence-corrected chi connectivity index (χ2v) is 6.78. The van der Waals surface area contributed by atoms with E-state index in [-0.39, 0.29) is 5.91 Å². The highest BCUT2D eigenvalue weighted by Crippen LogP contribution is 2.25. The number of aromatic nitrogens is 3. The summed E-state index contributed by atoms with van der Waals surface area (Å²) >= 11 is 3.40. The SMILES string of the molecule is O=C(Nc1cc(-c2cccnc2)nn1-c1ccccc1)c1cccc(Br)c1. The molecule has 0 radical (unpaired) electrons. The molecule has 1 N–H and O–H groups in total. The summed E-state index contributed by atoms with van der Waals surface area (Å²) in [5.41, 5.74) is 3.03. The van der Waals surface area contributed by atoms with Crippen LogP contribution in [0.5, 0.6) is 0 Å². The minimum Gasteiger partial charge on any atom is -0.306 e. The molecule has 2 aromatic heterocycles. The van der Waals surface area contributed by atoms with E-state index in [4.69, 9.17) is 0 Å². The number of hydrogen-bond donors (Lipinski definition) is 1. The van der Waals surface area contributed by atoms with Crippen molar-refractivity contribution in [1.82, 2.24) is 14.8 Å². The van der Waals surface area contributed by atoms with E-state index in [9.17, 15) is 4.79 Å². The molecule has 0 atom stereocenters. The summed E-state index contributed by atoms with van der Waals surface area (Å²) in [6.07, 6.45) is 3.46. The number of nitrogens with one attached hydrogen (secondary N) is 1. The zero-order chi connectivity index (χ0) is 18.6. The van der Waals surface area contributed by atoms with Crippen LogP contribution in [0.25, 0.3) is 16.9 Å². The molecule has 0 spiro atoms. The number of benzene rings is 2. The molecular formula is C21H15BrN4O. The Morgan fingerprint density at radius 1 is 0.963 bits per heavy atom. The number of hydrogen-bond acceptors (Lipinski definition) is 3. The lowest BCUT2D eigenvalue weighted by Gasteiger charge is -2.09. The van der Waals surface area contributed by atoms with Crippen molar-refractivity contribution in [2.45, 2.75) is 0 Å². The Bertz CT molecular complexity index is 1080. The number of halogens is 1. The molecule has 0 aliphatic heterocycles. The smallest absolute Gasteiger partial charge is 0.256 e. The second kappa shape index (κ2) is 7.55. The van der Waals surface area contributed by atoms with Crippen LogP contribution in [0.4, 0.5) is 5.82 Å². The maximum absolute atomic E-state index is 12.7. The fourth-order valence-corrected chi connectivity index (χ4v) is 3.11. The third kappa shape index (κ3) is 3.80. The Hall–Kier alpha value is -3.25. The number of amides is 1. The molecule has 0 aliphatic rings. The summed E-state index contributed by atoms with van der Waals surface area (Å²) in [6.45, 7) is 0. The van der Waals surface area contributed by atoms with Crippen LogP contribution in [0.1, 0.15) is 10.4 Å². The van der Waals surface area contributed by atoms with Crippen molar-refractivity contribution in [3.63, 3.8) is 0 Å². The van der Waals surface area contributed by atoms with Gasteiger partial charge in [0.05, 0.1) is 11.4 Å². The maximum Gasteiger partial charge on any atom is 0.256 e. The van der Waals surface area contributed by atoms with Gasteiger partial charge in [0.15, 0.2) is 0 Å². The van der Waals surface area contributed by atoms with E-state index in [1.807, 2.05) is 60.7 Å². The summed E-state index contributed by atoms with van der Waals surface area (Å²) in [7, 11) is 0. The van der Waals surface area contributed by atoms with Crippen molar-refractivity contribution in [2.24, 2.45) is 0 Å². The maximum atomic E-state index is 12.7. The van der Waals surface area contributed by atoms with E-state index >= 15 is 0 Å². The Kier molecular flexibility index (Phi) is 4.80. The molecule has 27 heavy (non-hydrogen) atoms. The zero-order valence-electron chi connectivity index (χ0n) is 14.2. The number of anilines is 1. The average Bonchev–Trinajstić information content (AvgIpc) is 3.13. The van der Waals surface area contributed by atoms with E-state index in [0.717, 1.165) is 21.4 Å². The van der Waals surface area contributed by atoms with Gasteiger partial charge in [0.2, 0.25) is 0 Å². The molecule has 6 heteroatoms. The number of nitrogens with zero attached hydrogens (tertiary/aromatic N) is 3. The minimum absolute atomic E-state index is 0.203. The number of rotatable bonds is 4. The molecule has 0 aliphatic carbocycles. The molecule has 0 saturated carbocycles. The van der Waals surface area contributed by atoms with E-state index in [2.05, 4.69) is 31.3 Å². The van der Waals surface area contributed by atoms with Gasteiger partial charge in [0, 0.05) is 34.1 Å². The van der Waals surface area contributed by atoms with Gasteiger partial charge < -0.3 is 5.32 Å². The van der Waals surface area contributed by atoms with Gasteiger partial charge in [-0.25, -0.2) is 4.68 Å². The van der Waals surface area contributed by atoms with Crippen LogP contribution in [0.3, 0.4) is 0 Å². The van der Waals surface area contributed by atoms with Gasteiger partial charge in [-0.15, -0.1) is 0 Å². The van der Waals surface area contributed by atoms with Gasteiger partial charge >= 0.3 is 0 Å². The van der Waals surface area contributed by atoms with Gasteiger partial charge in [-0.2, -0.15) is 5.10 Å². The summed E-state index contributed by atoms with van der Waals surface area (Å²) in [4.78, 5) is 16.9. The van der Waals surface area contributed by atoms with Crippen molar-refractivity contribution >= 4 is 27.7 Å². The quantitative estimate of drug-likeness (QED) is 0.509. The first-order valence-corrected chi connectivity index (χ1v) is 9.13. The summed E-state index contributed by atoms with van der Waals surface area (Å²) in [5, 5.41) is 7.63. The topological polar surface area (TPSA) is 59.8 Å². The molecule has 0 unspecified atom stereocenters. The third-order valence-electron chi connectivity index (χ3n) is 4.00. The van der Waals surface area contributed by atoms with Gasteiger partial charge in [-0.1, -0.05) is 40.2 Å². The van der Waals surface area contributed by atoms with Crippen molar-refractivity contribution < 1.29 is 4.79 Å². The van der Waals surface area contributed by atoms with Crippen molar-refractivity contribution in [3.05, 3.63) is 95.2 Å². The lowest BCUT2D eigenvalue weighted by atomic mass is 10.2. The van der Waals surface area contributed by atoms with E-state index in [1.165, 1.54) is 0 Å². The number of carbonyl (C=O) groups is 1. The highest BCUT2D eigenvalue weighted by Gasteiger charge is 2.15. The van der Waals surface area contributed by atoms with Crippen molar-refractivity contribution in [3.8, 4) is 16.9 Å². The van der Waals surface area contributed by atoms with Crippen LogP contribution in [0.15, 0.2) is 89.7 Å². The molecule has 4 aromatic rings. The Morgan fingerprint density at radius 3 is 2.56 bits per heavy atom. The molecule has 0 saturated heterocycles. The van der Waals surface area contributed by atoms with Crippen LogP contribution in [-0.4, -0.2) is 20.7 Å². The van der Waals surface area contributed by atoms with Gasteiger partial charge in [0.25, 0.3) is 5.91 Å². The number of pyridine rings is 1. The molecule has 132 valence electrons. The Labute approximate surface area is 164 Å². The standard InChI is InChI=1S/C21H15BrN4O/c22-17-8-4-6-15(12-17)21(27)24-20-13-19(16-7-5-11-23-14-16)25-26(20)18-9-2-1-3-10-18/h1-14H,(H,24,27). The number of carbonyl (C=O) groups excluding carboxylic acids is 1. The Balaban J connectivity index is 1.74. The van der Waals surface area contributed by atoms with E-state index in [0.29, 0.717) is 11.4 Å². The molecule has 0 bridgehead atoms. The summed E-state index contributed by atoms with van der Waals surface area (Å²) in [5.74, 6) is 0.385. The van der Waals surface area contributed by atoms with Crippen LogP contribution >= 0.6 is 15.9 Å². The molecule has 5 nitrogen and oxygen atoms in total. The first-order chi connectivity index (χ1) is 13.2. The largest absolute Gasteiger partial charge is 0.306 e. The predicted octanol–water partition coefficient (Wildman–Crippen LogP) is 4.95. The molecule has 0 fully saturated rings. The molecule has 4 rings (SSSR count). The van der Waals surface area contributed by atoms with Gasteiger partial charge in [-0.3, -0.25) is 9.78 Å². The van der Waals surface area contributed by atoms with Crippen LogP contribution in [0.2, 0.25) is 0 Å². The monoisotopic (exact) mass is 418 g/mol. The van der Waals surface area contributed by atoms with Gasteiger partial charge in [-0.05, 0) is 42.5 Å². The third-order valence-corrected chi connectivity index (χ3v) is 4.49. The lowest BCUT2D eigenvalue weighted by Crippen LogP contribution is -2.15. The molecular weight excluding hydrogens is 404 g/mol. The van der Waals surface area contributed by atoms with Crippen LogP contribution in [0, 0.1) is 0 Å². The van der Waals surface area contributed by atoms with Crippen LogP contribution in [-0.2, 0) is 0 Å². The van der Waals surface area contributed by atoms with E-state index in [1.54, 1.807) is 29.2 Å². The van der Waals surface area contributed by atoms with Gasteiger partial charge in [0.1, 0.15) is 5.82 Å². The zero-order valence-corrected chi connectivity index (χ0v) is 15.8. The minimum atomic E-state index is -0.203. The fourth-order valence-electron chi connectivity index (χ4n) is 2.71. The fraction of sp³-hybridized carbons (Fsp3) is 0. The molecule has 1 amide bonds. The number of para-hydroxylation sites is 1.